The minimum absolute atomic E-state index is 0.00156. The normalized spacial score (nSPS) is 20.9. The molecule has 1 heterocycles. The van der Waals surface area contributed by atoms with Crippen LogP contribution in [0.3, 0.4) is 0 Å². The quantitative estimate of drug-likeness (QED) is 0.852. The van der Waals surface area contributed by atoms with Crippen LogP contribution in [-0.4, -0.2) is 54.7 Å². The summed E-state index contributed by atoms with van der Waals surface area (Å²) in [5.74, 6) is 0.0925. The molecule has 98 valence electrons. The molecule has 1 aromatic rings. The lowest BCUT2D eigenvalue weighted by molar-refractivity contribution is -0.0503. The maximum absolute atomic E-state index is 12.1. The van der Waals surface area contributed by atoms with Gasteiger partial charge in [0.2, 0.25) is 0 Å². The molecule has 1 unspecified atom stereocenters. The highest BCUT2D eigenvalue weighted by atomic mass is 79.9. The van der Waals surface area contributed by atoms with Crippen molar-refractivity contribution in [1.82, 2.24) is 4.90 Å². The number of hydrogen-bond donors (Lipinski definition) is 1. The van der Waals surface area contributed by atoms with Crippen molar-refractivity contribution in [3.8, 4) is 0 Å². The summed E-state index contributed by atoms with van der Waals surface area (Å²) in [6, 6.07) is 7.39. The third kappa shape index (κ3) is 3.62. The Balaban J connectivity index is 1.95. The molecule has 1 saturated heterocycles. The summed E-state index contributed by atoms with van der Waals surface area (Å²) in [5.41, 5.74) is 0.705. The minimum atomic E-state index is -0.172. The Bertz CT molecular complexity index is 424. The van der Waals surface area contributed by atoms with E-state index in [1.165, 1.54) is 0 Å². The fraction of sp³-hybridized carbons (Fsp3) is 0.462. The Kier molecular flexibility index (Phi) is 4.88. The van der Waals surface area contributed by atoms with E-state index in [9.17, 15) is 4.79 Å². The van der Waals surface area contributed by atoms with Crippen molar-refractivity contribution in [3.63, 3.8) is 0 Å². The van der Waals surface area contributed by atoms with Gasteiger partial charge in [-0.1, -0.05) is 28.1 Å². The number of carbonyl (C=O) groups excluding carboxylic acids is 1. The molecule has 1 aromatic carbocycles. The van der Waals surface area contributed by atoms with E-state index in [0.717, 1.165) is 11.0 Å². The molecule has 1 N–H and O–H groups in total. The fourth-order valence-electron chi connectivity index (χ4n) is 1.99. The van der Waals surface area contributed by atoms with Crippen molar-refractivity contribution in [2.45, 2.75) is 6.10 Å². The fourth-order valence-corrected chi connectivity index (χ4v) is 2.39. The molecule has 0 bridgehead atoms. The first kappa shape index (κ1) is 13.7. The Morgan fingerprint density at radius 3 is 3.11 bits per heavy atom. The number of Topliss-reactive ketones (excluding diaryl/α,β-unsaturated/α-hetero) is 1. The van der Waals surface area contributed by atoms with E-state index in [1.54, 1.807) is 0 Å². The van der Waals surface area contributed by atoms with Crippen LogP contribution >= 0.6 is 15.9 Å². The monoisotopic (exact) mass is 313 g/mol. The molecule has 1 atom stereocenters. The Hall–Kier alpha value is -0.750. The number of ether oxygens (including phenoxy) is 1. The van der Waals surface area contributed by atoms with Crippen LogP contribution in [-0.2, 0) is 4.74 Å². The van der Waals surface area contributed by atoms with Gasteiger partial charge >= 0.3 is 0 Å². The topological polar surface area (TPSA) is 49.8 Å². The first-order chi connectivity index (χ1) is 8.69. The average molecular weight is 314 g/mol. The third-order valence-corrected chi connectivity index (χ3v) is 3.43. The standard InChI is InChI=1S/C13H16BrNO3/c14-11-3-1-2-10(6-11)13(17)8-15-4-5-18-12(7-15)9-16/h1-3,6,12,16H,4-5,7-9H2. The van der Waals surface area contributed by atoms with Gasteiger partial charge in [0.25, 0.3) is 0 Å². The highest BCUT2D eigenvalue weighted by Gasteiger charge is 2.21. The van der Waals surface area contributed by atoms with E-state index in [1.807, 2.05) is 29.2 Å². The molecule has 0 radical (unpaired) electrons. The molecular formula is C13H16BrNO3. The van der Waals surface area contributed by atoms with Gasteiger partial charge in [0.15, 0.2) is 5.78 Å². The van der Waals surface area contributed by atoms with Gasteiger partial charge in [-0.2, -0.15) is 0 Å². The molecule has 0 aliphatic carbocycles. The molecular weight excluding hydrogens is 298 g/mol. The Morgan fingerprint density at radius 2 is 2.39 bits per heavy atom. The molecule has 18 heavy (non-hydrogen) atoms. The van der Waals surface area contributed by atoms with E-state index in [4.69, 9.17) is 9.84 Å². The highest BCUT2D eigenvalue weighted by molar-refractivity contribution is 9.10. The number of hydrogen-bond acceptors (Lipinski definition) is 4. The van der Waals surface area contributed by atoms with Gasteiger partial charge in [-0.15, -0.1) is 0 Å². The zero-order valence-electron chi connectivity index (χ0n) is 10.0. The summed E-state index contributed by atoms with van der Waals surface area (Å²) in [6.45, 7) is 2.28. The van der Waals surface area contributed by atoms with E-state index in [0.29, 0.717) is 25.3 Å². The first-order valence-corrected chi connectivity index (χ1v) is 6.72. The van der Waals surface area contributed by atoms with Gasteiger partial charge in [-0.25, -0.2) is 0 Å². The minimum Gasteiger partial charge on any atom is -0.394 e. The number of aliphatic hydroxyl groups is 1. The zero-order chi connectivity index (χ0) is 13.0. The molecule has 2 rings (SSSR count). The SMILES string of the molecule is O=C(CN1CCOC(CO)C1)c1cccc(Br)c1. The number of morpholine rings is 1. The van der Waals surface area contributed by atoms with Crippen molar-refractivity contribution < 1.29 is 14.6 Å². The number of aliphatic hydroxyl groups excluding tert-OH is 1. The van der Waals surface area contributed by atoms with Crippen molar-refractivity contribution in [1.29, 1.82) is 0 Å². The summed E-state index contributed by atoms with van der Waals surface area (Å²) in [6.07, 6.45) is -0.172. The number of benzene rings is 1. The van der Waals surface area contributed by atoms with Gasteiger partial charge in [0.1, 0.15) is 0 Å². The average Bonchev–Trinajstić information content (AvgIpc) is 2.39. The van der Waals surface area contributed by atoms with Crippen molar-refractivity contribution in [3.05, 3.63) is 34.3 Å². The number of ketones is 1. The van der Waals surface area contributed by atoms with Crippen LogP contribution in [0, 0.1) is 0 Å². The maximum atomic E-state index is 12.1. The van der Waals surface area contributed by atoms with Crippen LogP contribution in [0.25, 0.3) is 0 Å². The molecule has 0 saturated carbocycles. The van der Waals surface area contributed by atoms with Crippen LogP contribution in [0.2, 0.25) is 0 Å². The van der Waals surface area contributed by atoms with Gasteiger partial charge in [0, 0.05) is 23.1 Å². The predicted molar refractivity (Wildman–Crippen MR) is 71.7 cm³/mol. The smallest absolute Gasteiger partial charge is 0.176 e. The lowest BCUT2D eigenvalue weighted by atomic mass is 10.1. The van der Waals surface area contributed by atoms with Crippen LogP contribution in [0.5, 0.6) is 0 Å². The van der Waals surface area contributed by atoms with Crippen LogP contribution in [0.1, 0.15) is 10.4 Å². The molecule has 0 aromatic heterocycles. The largest absolute Gasteiger partial charge is 0.394 e. The lowest BCUT2D eigenvalue weighted by Crippen LogP contribution is -2.45. The maximum Gasteiger partial charge on any atom is 0.176 e. The van der Waals surface area contributed by atoms with Gasteiger partial charge in [-0.05, 0) is 12.1 Å². The molecule has 0 amide bonds. The third-order valence-electron chi connectivity index (χ3n) is 2.94. The lowest BCUT2D eigenvalue weighted by Gasteiger charge is -2.31. The molecule has 0 spiro atoms. The highest BCUT2D eigenvalue weighted by Crippen LogP contribution is 2.13. The molecule has 4 nitrogen and oxygen atoms in total. The summed E-state index contributed by atoms with van der Waals surface area (Å²) >= 11 is 3.36. The summed E-state index contributed by atoms with van der Waals surface area (Å²) in [4.78, 5) is 14.1. The second kappa shape index (κ2) is 6.43. The first-order valence-electron chi connectivity index (χ1n) is 5.92. The van der Waals surface area contributed by atoms with Crippen molar-refractivity contribution >= 4 is 21.7 Å². The summed E-state index contributed by atoms with van der Waals surface area (Å²) in [7, 11) is 0. The van der Waals surface area contributed by atoms with Crippen LogP contribution in [0.4, 0.5) is 0 Å². The van der Waals surface area contributed by atoms with Crippen LogP contribution in [0.15, 0.2) is 28.7 Å². The zero-order valence-corrected chi connectivity index (χ0v) is 11.6. The summed E-state index contributed by atoms with van der Waals surface area (Å²) < 4.78 is 6.26. The number of rotatable bonds is 4. The number of carbonyl (C=O) groups is 1. The molecule has 1 aliphatic heterocycles. The molecule has 1 aliphatic rings. The van der Waals surface area contributed by atoms with E-state index >= 15 is 0 Å². The van der Waals surface area contributed by atoms with Gasteiger partial charge in [0.05, 0.1) is 25.9 Å². The Labute approximate surface area is 115 Å². The van der Waals surface area contributed by atoms with E-state index < -0.39 is 0 Å². The van der Waals surface area contributed by atoms with Gasteiger partial charge < -0.3 is 9.84 Å². The number of halogens is 1. The molecule has 5 heteroatoms. The predicted octanol–water partition coefficient (Wildman–Crippen LogP) is 1.32. The van der Waals surface area contributed by atoms with E-state index in [2.05, 4.69) is 15.9 Å². The van der Waals surface area contributed by atoms with E-state index in [-0.39, 0.29) is 18.5 Å². The molecule has 1 fully saturated rings. The second-order valence-corrected chi connectivity index (χ2v) is 5.26. The summed E-state index contributed by atoms with van der Waals surface area (Å²) in [5, 5.41) is 9.05. The Morgan fingerprint density at radius 1 is 1.56 bits per heavy atom. The van der Waals surface area contributed by atoms with Crippen molar-refractivity contribution in [2.24, 2.45) is 0 Å². The van der Waals surface area contributed by atoms with Crippen molar-refractivity contribution in [2.75, 3.05) is 32.8 Å². The van der Waals surface area contributed by atoms with Gasteiger partial charge in [-0.3, -0.25) is 9.69 Å². The number of nitrogens with zero attached hydrogens (tertiary/aromatic N) is 1. The van der Waals surface area contributed by atoms with Crippen LogP contribution < -0.4 is 0 Å². The second-order valence-electron chi connectivity index (χ2n) is 4.34.